The van der Waals surface area contributed by atoms with Crippen LogP contribution in [0.2, 0.25) is 0 Å². The van der Waals surface area contributed by atoms with Crippen LogP contribution in [0.5, 0.6) is 0 Å². The van der Waals surface area contributed by atoms with Crippen molar-refractivity contribution < 1.29 is 14.3 Å². The molecule has 1 N–H and O–H groups in total. The van der Waals surface area contributed by atoms with Crippen LogP contribution in [0.4, 0.5) is 0 Å². The zero-order valence-corrected chi connectivity index (χ0v) is 13.3. The van der Waals surface area contributed by atoms with Crippen molar-refractivity contribution >= 4 is 11.8 Å². The van der Waals surface area contributed by atoms with Gasteiger partial charge in [0.2, 0.25) is 11.8 Å². The molecule has 0 fully saturated rings. The number of likely N-dealkylation sites (N-methyl/N-ethyl adjacent to an activating group) is 1. The number of rotatable bonds is 6. The van der Waals surface area contributed by atoms with Crippen LogP contribution in [0, 0.1) is 0 Å². The average molecular weight is 272 g/mol. The number of ether oxygens (including phenoxy) is 1. The Kier molecular flexibility index (Phi) is 6.49. The second-order valence-electron chi connectivity index (χ2n) is 6.39. The number of hydrogen-bond donors (Lipinski definition) is 1. The molecule has 0 aromatic rings. The van der Waals surface area contributed by atoms with E-state index in [-0.39, 0.29) is 29.5 Å². The Bertz CT molecular complexity index is 319. The Labute approximate surface area is 116 Å². The summed E-state index contributed by atoms with van der Waals surface area (Å²) in [5, 5.41) is 2.52. The quantitative estimate of drug-likeness (QED) is 0.798. The molecule has 5 nitrogen and oxygen atoms in total. The second-order valence-corrected chi connectivity index (χ2v) is 6.39. The van der Waals surface area contributed by atoms with Gasteiger partial charge in [-0.2, -0.15) is 0 Å². The number of carbonyl (C=O) groups is 2. The van der Waals surface area contributed by atoms with Gasteiger partial charge < -0.3 is 15.0 Å². The highest BCUT2D eigenvalue weighted by atomic mass is 16.5. The third-order valence-corrected chi connectivity index (χ3v) is 3.02. The van der Waals surface area contributed by atoms with E-state index in [1.807, 2.05) is 34.6 Å². The van der Waals surface area contributed by atoms with Gasteiger partial charge in [-0.3, -0.25) is 9.59 Å². The molecule has 0 bridgehead atoms. The van der Waals surface area contributed by atoms with Gasteiger partial charge >= 0.3 is 0 Å². The van der Waals surface area contributed by atoms with E-state index in [0.29, 0.717) is 6.61 Å². The first kappa shape index (κ1) is 17.9. The van der Waals surface area contributed by atoms with Crippen LogP contribution in [-0.4, -0.2) is 48.1 Å². The summed E-state index contributed by atoms with van der Waals surface area (Å²) < 4.78 is 5.69. The molecule has 0 saturated carbocycles. The summed E-state index contributed by atoms with van der Waals surface area (Å²) in [6, 6.07) is 0. The Morgan fingerprint density at radius 2 is 1.68 bits per heavy atom. The average Bonchev–Trinajstić information content (AvgIpc) is 2.22. The predicted molar refractivity (Wildman–Crippen MR) is 75.9 cm³/mol. The molecule has 19 heavy (non-hydrogen) atoms. The number of nitrogens with one attached hydrogen (secondary N) is 1. The Hall–Kier alpha value is -1.10. The number of amides is 2. The lowest BCUT2D eigenvalue weighted by Gasteiger charge is -2.36. The minimum absolute atomic E-state index is 0.0371. The molecule has 0 heterocycles. The fraction of sp³-hybridized carbons (Fsp3) is 0.857. The molecular weight excluding hydrogens is 244 g/mol. The zero-order valence-electron chi connectivity index (χ0n) is 13.3. The summed E-state index contributed by atoms with van der Waals surface area (Å²) in [6.45, 7) is 12.0. The molecule has 5 heteroatoms. The van der Waals surface area contributed by atoms with Crippen LogP contribution >= 0.6 is 0 Å². The third kappa shape index (κ3) is 7.82. The topological polar surface area (TPSA) is 58.6 Å². The first-order chi connectivity index (χ1) is 8.46. The van der Waals surface area contributed by atoms with Crippen LogP contribution in [0.3, 0.4) is 0 Å². The number of nitrogens with zero attached hydrogens (tertiary/aromatic N) is 1. The minimum Gasteiger partial charge on any atom is -0.376 e. The molecule has 0 aliphatic carbocycles. The molecule has 2 amide bonds. The van der Waals surface area contributed by atoms with Gasteiger partial charge in [-0.15, -0.1) is 0 Å². The van der Waals surface area contributed by atoms with Crippen molar-refractivity contribution in [1.29, 1.82) is 0 Å². The lowest BCUT2D eigenvalue weighted by Crippen LogP contribution is -2.49. The molecule has 0 atom stereocenters. The van der Waals surface area contributed by atoms with Gasteiger partial charge in [0, 0.05) is 26.1 Å². The number of carbonyl (C=O) groups excluding carboxylic acids is 2. The van der Waals surface area contributed by atoms with E-state index in [2.05, 4.69) is 5.32 Å². The van der Waals surface area contributed by atoms with Gasteiger partial charge in [0.05, 0.1) is 12.1 Å². The van der Waals surface area contributed by atoms with E-state index >= 15 is 0 Å². The van der Waals surface area contributed by atoms with E-state index in [0.717, 1.165) is 6.42 Å². The van der Waals surface area contributed by atoms with Gasteiger partial charge in [-0.25, -0.2) is 0 Å². The fourth-order valence-corrected chi connectivity index (χ4v) is 1.43. The maximum Gasteiger partial charge on any atom is 0.242 e. The maximum atomic E-state index is 11.9. The monoisotopic (exact) mass is 272 g/mol. The standard InChI is InChI=1S/C14H28N2O3/c1-11(17)15-10-12(18)16(7)14(5,6)8-9-19-13(2,3)4/h8-10H2,1-7H3,(H,15,17). The smallest absolute Gasteiger partial charge is 0.242 e. The molecule has 0 rings (SSSR count). The molecule has 0 aliphatic rings. The highest BCUT2D eigenvalue weighted by Crippen LogP contribution is 2.19. The number of hydrogen-bond acceptors (Lipinski definition) is 3. The molecule has 0 aliphatic heterocycles. The van der Waals surface area contributed by atoms with Crippen LogP contribution < -0.4 is 5.32 Å². The molecular formula is C14H28N2O3. The van der Waals surface area contributed by atoms with Crippen molar-refractivity contribution in [1.82, 2.24) is 10.2 Å². The van der Waals surface area contributed by atoms with Crippen molar-refractivity contribution in [2.45, 2.75) is 59.1 Å². The molecule has 112 valence electrons. The van der Waals surface area contributed by atoms with Crippen molar-refractivity contribution in [3.8, 4) is 0 Å². The molecule has 0 aromatic carbocycles. The fourth-order valence-electron chi connectivity index (χ4n) is 1.43. The van der Waals surface area contributed by atoms with Crippen molar-refractivity contribution in [2.24, 2.45) is 0 Å². The molecule has 0 radical (unpaired) electrons. The first-order valence-electron chi connectivity index (χ1n) is 6.61. The summed E-state index contributed by atoms with van der Waals surface area (Å²) in [5.74, 6) is -0.299. The van der Waals surface area contributed by atoms with Gasteiger partial charge in [0.1, 0.15) is 0 Å². The van der Waals surface area contributed by atoms with E-state index in [1.54, 1.807) is 11.9 Å². The Balaban J connectivity index is 4.30. The van der Waals surface area contributed by atoms with Gasteiger partial charge in [0.15, 0.2) is 0 Å². The van der Waals surface area contributed by atoms with Crippen molar-refractivity contribution in [3.05, 3.63) is 0 Å². The predicted octanol–water partition coefficient (Wildman–Crippen LogP) is 1.56. The molecule has 0 saturated heterocycles. The van der Waals surface area contributed by atoms with Gasteiger partial charge in [-0.1, -0.05) is 0 Å². The van der Waals surface area contributed by atoms with Crippen LogP contribution in [0.1, 0.15) is 48.0 Å². The lowest BCUT2D eigenvalue weighted by molar-refractivity contribution is -0.136. The van der Waals surface area contributed by atoms with E-state index in [9.17, 15) is 9.59 Å². The van der Waals surface area contributed by atoms with Crippen LogP contribution in [0.15, 0.2) is 0 Å². The Morgan fingerprint density at radius 1 is 1.16 bits per heavy atom. The van der Waals surface area contributed by atoms with E-state index in [1.165, 1.54) is 6.92 Å². The second kappa shape index (κ2) is 6.89. The highest BCUT2D eigenvalue weighted by Gasteiger charge is 2.27. The molecule has 0 spiro atoms. The van der Waals surface area contributed by atoms with Crippen LogP contribution in [0.25, 0.3) is 0 Å². The third-order valence-electron chi connectivity index (χ3n) is 3.02. The lowest BCUT2D eigenvalue weighted by atomic mass is 9.99. The summed E-state index contributed by atoms with van der Waals surface area (Å²) in [7, 11) is 1.75. The zero-order chi connectivity index (χ0) is 15.3. The van der Waals surface area contributed by atoms with E-state index < -0.39 is 0 Å². The largest absolute Gasteiger partial charge is 0.376 e. The summed E-state index contributed by atoms with van der Waals surface area (Å²) in [4.78, 5) is 24.4. The van der Waals surface area contributed by atoms with Crippen molar-refractivity contribution in [2.75, 3.05) is 20.2 Å². The Morgan fingerprint density at radius 3 is 2.11 bits per heavy atom. The SMILES string of the molecule is CC(=O)NCC(=O)N(C)C(C)(C)CCOC(C)(C)C. The normalized spacial score (nSPS) is 12.2. The molecule has 0 aromatic heterocycles. The van der Waals surface area contributed by atoms with Crippen molar-refractivity contribution in [3.63, 3.8) is 0 Å². The highest BCUT2D eigenvalue weighted by molar-refractivity contribution is 5.83. The van der Waals surface area contributed by atoms with E-state index in [4.69, 9.17) is 4.74 Å². The van der Waals surface area contributed by atoms with Gasteiger partial charge in [0.25, 0.3) is 0 Å². The molecule has 0 unspecified atom stereocenters. The first-order valence-corrected chi connectivity index (χ1v) is 6.61. The summed E-state index contributed by atoms with van der Waals surface area (Å²) >= 11 is 0. The summed E-state index contributed by atoms with van der Waals surface area (Å²) in [5.41, 5.74) is -0.477. The minimum atomic E-state index is -0.305. The maximum absolute atomic E-state index is 11.9. The summed E-state index contributed by atoms with van der Waals surface area (Å²) in [6.07, 6.45) is 0.743. The van der Waals surface area contributed by atoms with Crippen LogP contribution in [-0.2, 0) is 14.3 Å². The van der Waals surface area contributed by atoms with Gasteiger partial charge in [-0.05, 0) is 41.0 Å².